The molecule has 0 spiro atoms. The maximum absolute atomic E-state index is 6.92. The molecule has 9 aromatic carbocycles. The highest BCUT2D eigenvalue weighted by atomic mass is 16.5. The first-order valence-corrected chi connectivity index (χ1v) is 24.7. The number of fused-ring (bicyclic) bond motifs is 13. The van der Waals surface area contributed by atoms with E-state index in [1.807, 2.05) is 12.1 Å². The first-order chi connectivity index (χ1) is 34.9. The van der Waals surface area contributed by atoms with Crippen LogP contribution in [-0.2, 0) is 5.41 Å². The molecule has 1 aromatic heterocycles. The average Bonchev–Trinajstić information content (AvgIpc) is 4.22. The van der Waals surface area contributed by atoms with E-state index < -0.39 is 0 Å². The lowest BCUT2D eigenvalue weighted by Crippen LogP contribution is -2.22. The molecule has 15 rings (SSSR count). The maximum Gasteiger partial charge on any atom is 0.231 e. The maximum atomic E-state index is 6.92. The summed E-state index contributed by atoms with van der Waals surface area (Å²) in [5.74, 6) is 2.51. The fraction of sp³-hybridized carbons (Fsp3) is 0.108. The predicted molar refractivity (Wildman–Crippen MR) is 284 cm³/mol. The van der Waals surface area contributed by atoms with Crippen LogP contribution in [0, 0.1) is 0 Å². The molecule has 5 heterocycles. The minimum Gasteiger partial charge on any atom is -0.483 e. The van der Waals surface area contributed by atoms with Gasteiger partial charge in [-0.25, -0.2) is 9.97 Å². The lowest BCUT2D eigenvalue weighted by Gasteiger charge is -2.26. The Morgan fingerprint density at radius 1 is 0.380 bits per heavy atom. The molecule has 0 N–H and O–H groups in total. The van der Waals surface area contributed by atoms with E-state index in [4.69, 9.17) is 19.4 Å². The Morgan fingerprint density at radius 3 is 1.32 bits per heavy atom. The van der Waals surface area contributed by atoms with E-state index in [0.717, 1.165) is 56.4 Å². The Labute approximate surface area is 413 Å². The monoisotopic (exact) mass is 914 g/mol. The molecule has 4 atom stereocenters. The fourth-order valence-electron chi connectivity index (χ4n) is 12.4. The zero-order valence-electron chi connectivity index (χ0n) is 39.2. The average molecular weight is 915 g/mol. The summed E-state index contributed by atoms with van der Waals surface area (Å²) in [6, 6.07) is 78.5. The van der Waals surface area contributed by atoms with Gasteiger partial charge in [-0.3, -0.25) is 4.90 Å². The van der Waals surface area contributed by atoms with Crippen molar-refractivity contribution in [3.05, 3.63) is 252 Å². The zero-order chi connectivity index (χ0) is 47.0. The highest BCUT2D eigenvalue weighted by Crippen LogP contribution is 2.61. The van der Waals surface area contributed by atoms with Gasteiger partial charge in [0.25, 0.3) is 0 Å². The van der Waals surface area contributed by atoms with Crippen molar-refractivity contribution in [2.75, 3.05) is 9.80 Å². The van der Waals surface area contributed by atoms with Gasteiger partial charge in [0.15, 0.2) is 12.2 Å². The lowest BCUT2D eigenvalue weighted by molar-refractivity contribution is 0.223. The van der Waals surface area contributed by atoms with Gasteiger partial charge in [-0.2, -0.15) is 0 Å². The molecule has 1 aliphatic carbocycles. The van der Waals surface area contributed by atoms with Gasteiger partial charge in [0.05, 0.1) is 17.1 Å². The fourth-order valence-corrected chi connectivity index (χ4v) is 12.4. The van der Waals surface area contributed by atoms with Gasteiger partial charge < -0.3 is 14.4 Å². The molecule has 338 valence electrons. The second-order valence-corrected chi connectivity index (χ2v) is 20.0. The second-order valence-electron chi connectivity index (χ2n) is 20.0. The topological polar surface area (TPSA) is 50.7 Å². The summed E-state index contributed by atoms with van der Waals surface area (Å²) < 4.78 is 13.7. The van der Waals surface area contributed by atoms with Crippen molar-refractivity contribution < 1.29 is 9.47 Å². The van der Waals surface area contributed by atoms with Crippen LogP contribution in [0.3, 0.4) is 0 Å². The van der Waals surface area contributed by atoms with Crippen LogP contribution in [0.2, 0.25) is 0 Å². The summed E-state index contributed by atoms with van der Waals surface area (Å²) in [6.07, 6.45) is -0.342. The van der Waals surface area contributed by atoms with Crippen molar-refractivity contribution in [1.29, 1.82) is 0 Å². The molecule has 0 amide bonds. The molecule has 0 fully saturated rings. The Bertz CT molecular complexity index is 3740. The number of hydrogen-bond acceptors (Lipinski definition) is 6. The number of hydrogen-bond donors (Lipinski definition) is 0. The summed E-state index contributed by atoms with van der Waals surface area (Å²) in [5.41, 5.74) is 21.7. The molecule has 4 unspecified atom stereocenters. The minimum atomic E-state index is -0.241. The molecular weight excluding hydrogens is 869 g/mol. The number of ether oxygens (including phenoxy) is 2. The molecular formula is C65H46N4O2. The molecule has 0 saturated carbocycles. The molecule has 5 aliphatic rings. The van der Waals surface area contributed by atoms with Gasteiger partial charge in [0.2, 0.25) is 5.95 Å². The van der Waals surface area contributed by atoms with Crippen LogP contribution in [0.1, 0.15) is 71.5 Å². The van der Waals surface area contributed by atoms with Crippen LogP contribution in [0.25, 0.3) is 55.9 Å². The molecule has 0 saturated heterocycles. The molecule has 4 aliphatic heterocycles. The molecule has 6 heteroatoms. The number of rotatable bonds is 6. The van der Waals surface area contributed by atoms with E-state index in [1.165, 1.54) is 61.4 Å². The van der Waals surface area contributed by atoms with E-state index in [0.29, 0.717) is 5.95 Å². The predicted octanol–water partition coefficient (Wildman–Crippen LogP) is 16.1. The smallest absolute Gasteiger partial charge is 0.231 e. The number of para-hydroxylation sites is 3. The highest BCUT2D eigenvalue weighted by molar-refractivity contribution is 5.89. The van der Waals surface area contributed by atoms with Crippen molar-refractivity contribution in [2.45, 2.75) is 43.6 Å². The largest absolute Gasteiger partial charge is 0.483 e. The molecule has 10 aromatic rings. The van der Waals surface area contributed by atoms with Crippen LogP contribution in [-0.4, -0.2) is 9.97 Å². The Hall–Kier alpha value is -8.74. The van der Waals surface area contributed by atoms with E-state index in [1.54, 1.807) is 0 Å². The second kappa shape index (κ2) is 15.1. The Morgan fingerprint density at radius 2 is 0.803 bits per heavy atom. The zero-order valence-corrected chi connectivity index (χ0v) is 39.2. The first kappa shape index (κ1) is 40.2. The number of benzene rings is 9. The number of nitrogens with zero attached hydrogens (tertiary/aromatic N) is 4. The summed E-state index contributed by atoms with van der Waals surface area (Å²) >= 11 is 0. The van der Waals surface area contributed by atoms with E-state index >= 15 is 0 Å². The third kappa shape index (κ3) is 6.01. The highest BCUT2D eigenvalue weighted by Gasteiger charge is 2.50. The Balaban J connectivity index is 0.820. The van der Waals surface area contributed by atoms with Crippen molar-refractivity contribution in [1.82, 2.24) is 9.97 Å². The Kier molecular flexibility index (Phi) is 8.56. The van der Waals surface area contributed by atoms with Crippen LogP contribution >= 0.6 is 0 Å². The van der Waals surface area contributed by atoms with Gasteiger partial charge >= 0.3 is 0 Å². The molecule has 71 heavy (non-hydrogen) atoms. The third-order valence-electron chi connectivity index (χ3n) is 15.7. The van der Waals surface area contributed by atoms with Gasteiger partial charge in [0.1, 0.15) is 23.6 Å². The van der Waals surface area contributed by atoms with Crippen LogP contribution in [0.15, 0.2) is 218 Å². The van der Waals surface area contributed by atoms with Crippen LogP contribution in [0.4, 0.5) is 23.0 Å². The quantitative estimate of drug-likeness (QED) is 0.166. The van der Waals surface area contributed by atoms with Crippen LogP contribution < -0.4 is 19.3 Å². The van der Waals surface area contributed by atoms with Crippen LogP contribution in [0.5, 0.6) is 11.5 Å². The molecule has 6 nitrogen and oxygen atoms in total. The lowest BCUT2D eigenvalue weighted by atomic mass is 9.82. The summed E-state index contributed by atoms with van der Waals surface area (Å²) in [5, 5.41) is 0. The van der Waals surface area contributed by atoms with Crippen molar-refractivity contribution >= 4 is 23.0 Å². The number of aromatic nitrogens is 2. The standard InChI is InChI=1S/C65H46N4O2/c1-65(2)52-30-26-41(43-28-32-56-50(36-43)62-60(46-22-12-14-24-58(46)70-62)68(56)45-20-10-5-11-21-45)34-48(52)49-35-42(27-31-53(49)65)44-29-33-57-51(37-44)63-61(47-23-13-15-25-59(47)71-63)69(57)64-66-54(39-16-6-3-7-17-39)38-55(67-64)40-18-8-4-9-19-40/h3-38,60-63H,1-2H3. The third-order valence-corrected chi connectivity index (χ3v) is 15.7. The van der Waals surface area contributed by atoms with Gasteiger partial charge in [-0.05, 0) is 111 Å². The summed E-state index contributed by atoms with van der Waals surface area (Å²) in [6.45, 7) is 4.72. The summed E-state index contributed by atoms with van der Waals surface area (Å²) in [4.78, 5) is 15.4. The van der Waals surface area contributed by atoms with E-state index in [9.17, 15) is 0 Å². The summed E-state index contributed by atoms with van der Waals surface area (Å²) in [7, 11) is 0. The molecule has 0 bridgehead atoms. The van der Waals surface area contributed by atoms with E-state index in [-0.39, 0.29) is 29.7 Å². The van der Waals surface area contributed by atoms with Gasteiger partial charge in [0, 0.05) is 50.2 Å². The van der Waals surface area contributed by atoms with Crippen molar-refractivity contribution in [3.63, 3.8) is 0 Å². The van der Waals surface area contributed by atoms with Gasteiger partial charge in [-0.1, -0.05) is 166 Å². The first-order valence-electron chi connectivity index (χ1n) is 24.7. The molecule has 0 radical (unpaired) electrons. The van der Waals surface area contributed by atoms with Crippen molar-refractivity contribution in [2.24, 2.45) is 0 Å². The minimum absolute atomic E-state index is 0.0698. The number of anilines is 4. The van der Waals surface area contributed by atoms with Crippen molar-refractivity contribution in [3.8, 4) is 67.4 Å². The SMILES string of the molecule is CC1(C)c2ccc(-c3ccc4c(c3)C3Oc5ccccc5C3N4c3ccccc3)cc2-c2cc(-c3ccc4c(c3)C3Oc5ccccc5C3N4c3nc(-c4ccccc4)cc(-c4ccccc4)n3)ccc21. The normalized spacial score (nSPS) is 18.8. The van der Waals surface area contributed by atoms with Gasteiger partial charge in [-0.15, -0.1) is 0 Å². The van der Waals surface area contributed by atoms with E-state index in [2.05, 4.69) is 230 Å².